The van der Waals surface area contributed by atoms with Crippen molar-refractivity contribution in [2.75, 3.05) is 18.2 Å². The average molecular weight is 275 g/mol. The number of carbonyl (C=O) groups is 1. The number of hydrogen-bond donors (Lipinski definition) is 2. The Morgan fingerprint density at radius 3 is 2.67 bits per heavy atom. The Morgan fingerprint density at radius 2 is 2.11 bits per heavy atom. The highest BCUT2D eigenvalue weighted by Gasteiger charge is 2.12. The van der Waals surface area contributed by atoms with E-state index in [1.54, 1.807) is 0 Å². The lowest BCUT2D eigenvalue weighted by Crippen LogP contribution is -2.13. The lowest BCUT2D eigenvalue weighted by atomic mass is 10.2. The molecule has 2 N–H and O–H groups in total. The molecule has 0 aliphatic carbocycles. The lowest BCUT2D eigenvalue weighted by Gasteiger charge is -2.07. The number of nitrogens with one attached hydrogen (secondary N) is 1. The summed E-state index contributed by atoms with van der Waals surface area (Å²) >= 11 is 0. The maximum Gasteiger partial charge on any atom is 0.224 e. The van der Waals surface area contributed by atoms with Crippen molar-refractivity contribution in [1.82, 2.24) is 0 Å². The van der Waals surface area contributed by atoms with Crippen molar-refractivity contribution in [3.63, 3.8) is 0 Å². The lowest BCUT2D eigenvalue weighted by molar-refractivity contribution is -0.116. The van der Waals surface area contributed by atoms with Crippen LogP contribution >= 0.6 is 0 Å². The fourth-order valence-electron chi connectivity index (χ4n) is 1.28. The highest BCUT2D eigenvalue weighted by atomic mass is 32.2. The molecule has 0 fully saturated rings. The molecule has 7 heteroatoms. The van der Waals surface area contributed by atoms with Crippen LogP contribution in [0.3, 0.4) is 0 Å². The van der Waals surface area contributed by atoms with Crippen LogP contribution in [-0.2, 0) is 14.6 Å². The minimum absolute atomic E-state index is 0.0407. The first-order valence-corrected chi connectivity index (χ1v) is 7.14. The van der Waals surface area contributed by atoms with Gasteiger partial charge in [-0.15, -0.1) is 0 Å². The molecule has 0 heterocycles. The van der Waals surface area contributed by atoms with Gasteiger partial charge in [-0.2, -0.15) is 0 Å². The van der Waals surface area contributed by atoms with E-state index in [-0.39, 0.29) is 30.0 Å². The minimum Gasteiger partial charge on any atom is -0.396 e. The number of aliphatic hydroxyl groups is 1. The van der Waals surface area contributed by atoms with E-state index in [1.165, 1.54) is 0 Å². The summed E-state index contributed by atoms with van der Waals surface area (Å²) in [6.07, 6.45) is 1.30. The summed E-state index contributed by atoms with van der Waals surface area (Å²) in [6.45, 7) is -0.140. The fraction of sp³-hybridized carbons (Fsp3) is 0.364. The molecule has 0 saturated carbocycles. The molecule has 5 nitrogen and oxygen atoms in total. The molecule has 0 atom stereocenters. The van der Waals surface area contributed by atoms with Crippen LogP contribution in [0.4, 0.5) is 10.1 Å². The maximum absolute atomic E-state index is 13.4. The van der Waals surface area contributed by atoms with E-state index >= 15 is 0 Å². The maximum atomic E-state index is 13.4. The number of sulfone groups is 1. The molecule has 18 heavy (non-hydrogen) atoms. The zero-order valence-electron chi connectivity index (χ0n) is 9.81. The number of amides is 1. The Bertz CT molecular complexity index is 542. The number of anilines is 1. The van der Waals surface area contributed by atoms with Crippen molar-refractivity contribution in [2.24, 2.45) is 0 Å². The first kappa shape index (κ1) is 14.6. The Morgan fingerprint density at radius 1 is 1.44 bits per heavy atom. The van der Waals surface area contributed by atoms with Crippen LogP contribution < -0.4 is 5.32 Å². The zero-order valence-corrected chi connectivity index (χ0v) is 10.6. The largest absolute Gasteiger partial charge is 0.396 e. The first-order valence-electron chi connectivity index (χ1n) is 5.25. The third-order valence-corrected chi connectivity index (χ3v) is 3.31. The third-order valence-electron chi connectivity index (χ3n) is 2.20. The van der Waals surface area contributed by atoms with Gasteiger partial charge in [0.15, 0.2) is 9.84 Å². The SMILES string of the molecule is CS(=O)(=O)c1ccc(F)c(NC(=O)CCCO)c1. The topological polar surface area (TPSA) is 83.5 Å². The van der Waals surface area contributed by atoms with Crippen LogP contribution in [0.25, 0.3) is 0 Å². The molecule has 0 aliphatic heterocycles. The van der Waals surface area contributed by atoms with E-state index in [2.05, 4.69) is 5.32 Å². The normalized spacial score (nSPS) is 11.3. The molecule has 0 spiro atoms. The van der Waals surface area contributed by atoms with Gasteiger partial charge >= 0.3 is 0 Å². The van der Waals surface area contributed by atoms with Gasteiger partial charge in [0.25, 0.3) is 0 Å². The van der Waals surface area contributed by atoms with E-state index < -0.39 is 21.6 Å². The minimum atomic E-state index is -3.45. The van der Waals surface area contributed by atoms with Crippen molar-refractivity contribution < 1.29 is 22.7 Å². The number of aliphatic hydroxyl groups excluding tert-OH is 1. The van der Waals surface area contributed by atoms with E-state index in [1.807, 2.05) is 0 Å². The predicted octanol–water partition coefficient (Wildman–Crippen LogP) is 0.940. The van der Waals surface area contributed by atoms with Gasteiger partial charge in [0.2, 0.25) is 5.91 Å². The van der Waals surface area contributed by atoms with Gasteiger partial charge in [0, 0.05) is 19.3 Å². The van der Waals surface area contributed by atoms with Crippen LogP contribution in [-0.4, -0.2) is 32.3 Å². The highest BCUT2D eigenvalue weighted by molar-refractivity contribution is 7.90. The number of carbonyl (C=O) groups excluding carboxylic acids is 1. The van der Waals surface area contributed by atoms with Gasteiger partial charge in [-0.25, -0.2) is 12.8 Å². The van der Waals surface area contributed by atoms with Gasteiger partial charge < -0.3 is 10.4 Å². The Balaban J connectivity index is 2.92. The van der Waals surface area contributed by atoms with Gasteiger partial charge in [-0.05, 0) is 24.6 Å². The van der Waals surface area contributed by atoms with Crippen LogP contribution in [0.1, 0.15) is 12.8 Å². The predicted molar refractivity (Wildman–Crippen MR) is 64.5 cm³/mol. The molecule has 0 bridgehead atoms. The molecule has 0 aromatic heterocycles. The Hall–Kier alpha value is -1.47. The smallest absolute Gasteiger partial charge is 0.224 e. The number of hydrogen-bond acceptors (Lipinski definition) is 4. The molecule has 100 valence electrons. The monoisotopic (exact) mass is 275 g/mol. The summed E-state index contributed by atoms with van der Waals surface area (Å²) in [5, 5.41) is 10.8. The number of rotatable bonds is 5. The standard InChI is InChI=1S/C11H14FNO4S/c1-18(16,17)8-4-5-9(12)10(7-8)13-11(15)3-2-6-14/h4-5,7,14H,2-3,6H2,1H3,(H,13,15). The van der Waals surface area contributed by atoms with Crippen LogP contribution in [0.2, 0.25) is 0 Å². The summed E-state index contributed by atoms with van der Waals surface area (Å²) < 4.78 is 36.0. The molecule has 1 aromatic rings. The summed E-state index contributed by atoms with van der Waals surface area (Å²) in [6, 6.07) is 3.19. The van der Waals surface area contributed by atoms with Crippen molar-refractivity contribution in [1.29, 1.82) is 0 Å². The summed E-state index contributed by atoms with van der Waals surface area (Å²) in [5.41, 5.74) is -0.180. The van der Waals surface area contributed by atoms with Crippen molar-refractivity contribution in [3.8, 4) is 0 Å². The van der Waals surface area contributed by atoms with Crippen molar-refractivity contribution in [3.05, 3.63) is 24.0 Å². The summed E-state index contributed by atoms with van der Waals surface area (Å²) in [5.74, 6) is -1.19. The van der Waals surface area contributed by atoms with Gasteiger partial charge in [-0.1, -0.05) is 0 Å². The fourth-order valence-corrected chi connectivity index (χ4v) is 1.93. The molecule has 0 unspecified atom stereocenters. The van der Waals surface area contributed by atoms with E-state index in [9.17, 15) is 17.6 Å². The average Bonchev–Trinajstić information content (AvgIpc) is 2.28. The summed E-state index contributed by atoms with van der Waals surface area (Å²) in [4.78, 5) is 11.3. The second kappa shape index (κ2) is 5.92. The molecule has 0 radical (unpaired) electrons. The first-order chi connectivity index (χ1) is 8.34. The van der Waals surface area contributed by atoms with Crippen LogP contribution in [0, 0.1) is 5.82 Å². The van der Waals surface area contributed by atoms with Gasteiger partial charge in [0.05, 0.1) is 10.6 Å². The van der Waals surface area contributed by atoms with Crippen molar-refractivity contribution >= 4 is 21.4 Å². The molecule has 1 amide bonds. The Labute approximate surface area is 105 Å². The molecule has 0 saturated heterocycles. The zero-order chi connectivity index (χ0) is 13.8. The third kappa shape index (κ3) is 4.08. The van der Waals surface area contributed by atoms with E-state index in [0.717, 1.165) is 24.5 Å². The summed E-state index contributed by atoms with van der Waals surface area (Å²) in [7, 11) is -3.45. The van der Waals surface area contributed by atoms with Gasteiger partial charge in [-0.3, -0.25) is 4.79 Å². The quantitative estimate of drug-likeness (QED) is 0.783. The number of halogens is 1. The van der Waals surface area contributed by atoms with Crippen LogP contribution in [0.15, 0.2) is 23.1 Å². The van der Waals surface area contributed by atoms with E-state index in [0.29, 0.717) is 0 Å². The number of benzene rings is 1. The van der Waals surface area contributed by atoms with Crippen LogP contribution in [0.5, 0.6) is 0 Å². The van der Waals surface area contributed by atoms with Gasteiger partial charge in [0.1, 0.15) is 5.82 Å². The second-order valence-electron chi connectivity index (χ2n) is 3.79. The Kier molecular flexibility index (Phi) is 4.80. The molecule has 1 aromatic carbocycles. The molecule has 0 aliphatic rings. The molecular weight excluding hydrogens is 261 g/mol. The molecule has 1 rings (SSSR count). The highest BCUT2D eigenvalue weighted by Crippen LogP contribution is 2.19. The second-order valence-corrected chi connectivity index (χ2v) is 5.80. The molecular formula is C11H14FNO4S. The van der Waals surface area contributed by atoms with Crippen molar-refractivity contribution in [2.45, 2.75) is 17.7 Å². The van der Waals surface area contributed by atoms with E-state index in [4.69, 9.17) is 5.11 Å².